The van der Waals surface area contributed by atoms with Gasteiger partial charge in [0.2, 0.25) is 0 Å². The van der Waals surface area contributed by atoms with Gasteiger partial charge in [-0.05, 0) is 49.8 Å². The summed E-state index contributed by atoms with van der Waals surface area (Å²) >= 11 is 0. The van der Waals surface area contributed by atoms with Crippen molar-refractivity contribution in [2.75, 3.05) is 18.4 Å². The van der Waals surface area contributed by atoms with Crippen LogP contribution in [0.5, 0.6) is 0 Å². The van der Waals surface area contributed by atoms with Gasteiger partial charge >= 0.3 is 11.8 Å². The van der Waals surface area contributed by atoms with Gasteiger partial charge in [0.15, 0.2) is 0 Å². The van der Waals surface area contributed by atoms with Crippen LogP contribution in [0.4, 0.5) is 5.69 Å². The molecule has 0 spiro atoms. The molecule has 2 rings (SSSR count). The summed E-state index contributed by atoms with van der Waals surface area (Å²) in [6.45, 7) is 7.47. The van der Waals surface area contributed by atoms with Crippen LogP contribution in [-0.2, 0) is 9.59 Å². The van der Waals surface area contributed by atoms with Crippen molar-refractivity contribution in [1.29, 1.82) is 0 Å². The normalized spacial score (nSPS) is 16.1. The molecule has 0 unspecified atom stereocenters. The average molecular weight is 274 g/mol. The summed E-state index contributed by atoms with van der Waals surface area (Å²) in [5.41, 5.74) is 2.82. The van der Waals surface area contributed by atoms with Crippen LogP contribution in [0.1, 0.15) is 30.9 Å². The number of hydrogen-bond acceptors (Lipinski definition) is 2. The Morgan fingerprint density at radius 2 is 1.85 bits per heavy atom. The van der Waals surface area contributed by atoms with Crippen molar-refractivity contribution in [2.45, 2.75) is 33.6 Å². The number of carbonyl (C=O) groups excluding carboxylic acids is 2. The van der Waals surface area contributed by atoms with Gasteiger partial charge in [-0.1, -0.05) is 19.1 Å². The molecule has 4 nitrogen and oxygen atoms in total. The van der Waals surface area contributed by atoms with Crippen molar-refractivity contribution >= 4 is 17.5 Å². The Hall–Kier alpha value is -1.84. The van der Waals surface area contributed by atoms with Crippen molar-refractivity contribution in [3.63, 3.8) is 0 Å². The Morgan fingerprint density at radius 1 is 1.20 bits per heavy atom. The Morgan fingerprint density at radius 3 is 2.50 bits per heavy atom. The first-order chi connectivity index (χ1) is 9.49. The van der Waals surface area contributed by atoms with E-state index in [2.05, 4.69) is 12.2 Å². The number of anilines is 1. The minimum atomic E-state index is -0.534. The molecular weight excluding hydrogens is 252 g/mol. The van der Waals surface area contributed by atoms with Gasteiger partial charge in [0.1, 0.15) is 0 Å². The Labute approximate surface area is 120 Å². The van der Waals surface area contributed by atoms with Gasteiger partial charge in [0.05, 0.1) is 0 Å². The van der Waals surface area contributed by atoms with Crippen molar-refractivity contribution in [1.82, 2.24) is 4.90 Å². The highest BCUT2D eigenvalue weighted by Crippen LogP contribution is 2.19. The SMILES string of the molecule is Cc1cccc(NC(=O)C(=O)N2CCC(C)CC2)c1C. The van der Waals surface area contributed by atoms with E-state index in [0.29, 0.717) is 24.7 Å². The third kappa shape index (κ3) is 3.18. The molecule has 4 heteroatoms. The van der Waals surface area contributed by atoms with Crippen molar-refractivity contribution < 1.29 is 9.59 Å². The lowest BCUT2D eigenvalue weighted by molar-refractivity contribution is -0.144. The molecule has 1 aliphatic rings. The van der Waals surface area contributed by atoms with E-state index >= 15 is 0 Å². The number of rotatable bonds is 1. The molecule has 0 atom stereocenters. The molecule has 1 saturated heterocycles. The van der Waals surface area contributed by atoms with E-state index < -0.39 is 11.8 Å². The summed E-state index contributed by atoms with van der Waals surface area (Å²) in [5.74, 6) is -0.313. The molecule has 1 N–H and O–H groups in total. The van der Waals surface area contributed by atoms with Crippen LogP contribution in [-0.4, -0.2) is 29.8 Å². The van der Waals surface area contributed by atoms with Crippen molar-refractivity contribution in [3.05, 3.63) is 29.3 Å². The monoisotopic (exact) mass is 274 g/mol. The zero-order valence-electron chi connectivity index (χ0n) is 12.4. The second-order valence-corrected chi connectivity index (χ2v) is 5.68. The summed E-state index contributed by atoms with van der Waals surface area (Å²) in [6.07, 6.45) is 1.95. The Kier molecular flexibility index (Phi) is 4.42. The molecule has 0 saturated carbocycles. The van der Waals surface area contributed by atoms with Crippen LogP contribution in [0, 0.1) is 19.8 Å². The maximum Gasteiger partial charge on any atom is 0.313 e. The van der Waals surface area contributed by atoms with Crippen LogP contribution >= 0.6 is 0 Å². The van der Waals surface area contributed by atoms with E-state index in [1.165, 1.54) is 0 Å². The molecule has 0 radical (unpaired) electrons. The van der Waals surface area contributed by atoms with Gasteiger partial charge in [-0.25, -0.2) is 0 Å². The molecule has 108 valence electrons. The quantitative estimate of drug-likeness (QED) is 0.800. The molecule has 0 aromatic heterocycles. The van der Waals surface area contributed by atoms with Crippen LogP contribution < -0.4 is 5.32 Å². The number of carbonyl (C=O) groups is 2. The molecular formula is C16H22N2O2. The van der Waals surface area contributed by atoms with E-state index in [9.17, 15) is 9.59 Å². The molecule has 1 heterocycles. The van der Waals surface area contributed by atoms with Crippen LogP contribution in [0.15, 0.2) is 18.2 Å². The fraction of sp³-hybridized carbons (Fsp3) is 0.500. The van der Waals surface area contributed by atoms with E-state index in [0.717, 1.165) is 24.0 Å². The molecule has 0 aliphatic carbocycles. The highest BCUT2D eigenvalue weighted by molar-refractivity contribution is 6.39. The number of amides is 2. The summed E-state index contributed by atoms with van der Waals surface area (Å²) in [7, 11) is 0. The van der Waals surface area contributed by atoms with E-state index in [4.69, 9.17) is 0 Å². The average Bonchev–Trinajstić information content (AvgIpc) is 2.44. The van der Waals surface area contributed by atoms with Crippen LogP contribution in [0.2, 0.25) is 0 Å². The molecule has 2 amide bonds. The zero-order valence-corrected chi connectivity index (χ0v) is 12.4. The summed E-state index contributed by atoms with van der Waals surface area (Å²) in [6, 6.07) is 5.69. The molecule has 1 aromatic rings. The predicted octanol–water partition coefficient (Wildman–Crippen LogP) is 2.50. The summed E-state index contributed by atoms with van der Waals surface area (Å²) in [4.78, 5) is 25.8. The third-order valence-electron chi connectivity index (χ3n) is 4.12. The lowest BCUT2D eigenvalue weighted by Gasteiger charge is -2.29. The number of likely N-dealkylation sites (tertiary alicyclic amines) is 1. The van der Waals surface area contributed by atoms with Gasteiger partial charge in [-0.2, -0.15) is 0 Å². The second kappa shape index (κ2) is 6.07. The van der Waals surface area contributed by atoms with Gasteiger partial charge in [-0.15, -0.1) is 0 Å². The molecule has 0 bridgehead atoms. The fourth-order valence-electron chi connectivity index (χ4n) is 2.42. The highest BCUT2D eigenvalue weighted by Gasteiger charge is 2.25. The van der Waals surface area contributed by atoms with E-state index in [-0.39, 0.29) is 0 Å². The van der Waals surface area contributed by atoms with Gasteiger partial charge in [0, 0.05) is 18.8 Å². The maximum atomic E-state index is 12.1. The Bertz CT molecular complexity index is 517. The molecule has 20 heavy (non-hydrogen) atoms. The predicted molar refractivity (Wildman–Crippen MR) is 79.5 cm³/mol. The molecule has 1 fully saturated rings. The summed E-state index contributed by atoms with van der Waals surface area (Å²) in [5, 5.41) is 2.73. The zero-order chi connectivity index (χ0) is 14.7. The Balaban J connectivity index is 2.01. The minimum absolute atomic E-state index is 0.419. The molecule has 1 aliphatic heterocycles. The lowest BCUT2D eigenvalue weighted by Crippen LogP contribution is -2.43. The van der Waals surface area contributed by atoms with Crippen LogP contribution in [0.3, 0.4) is 0 Å². The largest absolute Gasteiger partial charge is 0.334 e. The summed E-state index contributed by atoms with van der Waals surface area (Å²) < 4.78 is 0. The van der Waals surface area contributed by atoms with Crippen molar-refractivity contribution in [3.8, 4) is 0 Å². The van der Waals surface area contributed by atoms with Gasteiger partial charge in [0.25, 0.3) is 0 Å². The highest BCUT2D eigenvalue weighted by atomic mass is 16.2. The van der Waals surface area contributed by atoms with Gasteiger partial charge < -0.3 is 10.2 Å². The first kappa shape index (κ1) is 14.6. The number of benzene rings is 1. The van der Waals surface area contributed by atoms with E-state index in [1.54, 1.807) is 4.90 Å². The lowest BCUT2D eigenvalue weighted by atomic mass is 9.99. The first-order valence-corrected chi connectivity index (χ1v) is 7.15. The van der Waals surface area contributed by atoms with E-state index in [1.807, 2.05) is 32.0 Å². The number of nitrogens with one attached hydrogen (secondary N) is 1. The van der Waals surface area contributed by atoms with Crippen LogP contribution in [0.25, 0.3) is 0 Å². The third-order valence-corrected chi connectivity index (χ3v) is 4.12. The van der Waals surface area contributed by atoms with Gasteiger partial charge in [-0.3, -0.25) is 9.59 Å². The maximum absolute atomic E-state index is 12.1. The van der Waals surface area contributed by atoms with Crippen molar-refractivity contribution in [2.24, 2.45) is 5.92 Å². The second-order valence-electron chi connectivity index (χ2n) is 5.68. The topological polar surface area (TPSA) is 49.4 Å². The fourth-order valence-corrected chi connectivity index (χ4v) is 2.42. The minimum Gasteiger partial charge on any atom is -0.334 e. The first-order valence-electron chi connectivity index (χ1n) is 7.15. The number of aryl methyl sites for hydroxylation is 1. The number of nitrogens with zero attached hydrogens (tertiary/aromatic N) is 1. The number of piperidine rings is 1. The standard InChI is InChI=1S/C16H22N2O2/c1-11-7-9-18(10-8-11)16(20)15(19)17-14-6-4-5-12(2)13(14)3/h4-6,11H,7-10H2,1-3H3,(H,17,19). The number of hydrogen-bond donors (Lipinski definition) is 1. The smallest absolute Gasteiger partial charge is 0.313 e. The molecule has 1 aromatic carbocycles.